The minimum Gasteiger partial charge on any atom is -0.462 e. The van der Waals surface area contributed by atoms with Crippen molar-refractivity contribution in [3.8, 4) is 0 Å². The molecular weight excluding hydrogens is 198 g/mol. The van der Waals surface area contributed by atoms with Gasteiger partial charge in [-0.3, -0.25) is 9.69 Å². The molecule has 15 heavy (non-hydrogen) atoms. The molecule has 86 valence electrons. The lowest BCUT2D eigenvalue weighted by Gasteiger charge is -2.33. The van der Waals surface area contributed by atoms with Crippen molar-refractivity contribution in [1.29, 1.82) is 0 Å². The van der Waals surface area contributed by atoms with Gasteiger partial charge in [0.05, 0.1) is 6.04 Å². The molecule has 0 unspecified atom stereocenters. The number of amides is 1. The van der Waals surface area contributed by atoms with Gasteiger partial charge < -0.3 is 9.47 Å². The highest BCUT2D eigenvalue weighted by molar-refractivity contribution is 5.79. The lowest BCUT2D eigenvalue weighted by Crippen LogP contribution is -2.50. The van der Waals surface area contributed by atoms with Crippen molar-refractivity contribution in [3.05, 3.63) is 0 Å². The van der Waals surface area contributed by atoms with Crippen LogP contribution in [-0.2, 0) is 14.3 Å². The van der Waals surface area contributed by atoms with Crippen LogP contribution in [0.2, 0.25) is 0 Å². The molecule has 1 aliphatic heterocycles. The highest BCUT2D eigenvalue weighted by atomic mass is 16.6. The molecule has 1 saturated heterocycles. The molecule has 0 aromatic heterocycles. The van der Waals surface area contributed by atoms with Gasteiger partial charge in [-0.2, -0.15) is 0 Å². The number of carbonyl (C=O) groups excluding carboxylic acids is 2. The summed E-state index contributed by atoms with van der Waals surface area (Å²) < 4.78 is 9.99. The summed E-state index contributed by atoms with van der Waals surface area (Å²) in [5.74, 6) is -0.390. The third-order valence-corrected chi connectivity index (χ3v) is 1.95. The fourth-order valence-corrected chi connectivity index (χ4v) is 1.21. The third-order valence-electron chi connectivity index (χ3n) is 1.95. The van der Waals surface area contributed by atoms with E-state index < -0.39 is 11.7 Å². The molecule has 0 spiro atoms. The highest BCUT2D eigenvalue weighted by Crippen LogP contribution is 2.14. The van der Waals surface area contributed by atoms with Crippen LogP contribution in [0.3, 0.4) is 0 Å². The highest BCUT2D eigenvalue weighted by Gasteiger charge is 2.31. The number of carbonyl (C=O) groups is 2. The van der Waals surface area contributed by atoms with Crippen LogP contribution in [-0.4, -0.2) is 41.8 Å². The SMILES string of the molecule is C[C@H]1COC(=O)CN1C(=O)OC(C)(C)C. The van der Waals surface area contributed by atoms with Gasteiger partial charge in [-0.25, -0.2) is 4.79 Å². The third kappa shape index (κ3) is 3.42. The summed E-state index contributed by atoms with van der Waals surface area (Å²) in [4.78, 5) is 24.1. The first-order valence-corrected chi connectivity index (χ1v) is 4.95. The number of ether oxygens (including phenoxy) is 2. The molecule has 1 aliphatic rings. The Hall–Kier alpha value is -1.26. The summed E-state index contributed by atoms with van der Waals surface area (Å²) in [6.07, 6.45) is -0.466. The lowest BCUT2D eigenvalue weighted by molar-refractivity contribution is -0.153. The first kappa shape index (κ1) is 11.8. The van der Waals surface area contributed by atoms with E-state index in [-0.39, 0.29) is 25.2 Å². The van der Waals surface area contributed by atoms with Gasteiger partial charge in [0.25, 0.3) is 0 Å². The summed E-state index contributed by atoms with van der Waals surface area (Å²) in [6.45, 7) is 7.39. The van der Waals surface area contributed by atoms with Gasteiger partial charge in [0.2, 0.25) is 0 Å². The van der Waals surface area contributed by atoms with Gasteiger partial charge in [-0.15, -0.1) is 0 Å². The van der Waals surface area contributed by atoms with E-state index in [1.54, 1.807) is 20.8 Å². The Balaban J connectivity index is 2.61. The molecule has 0 aromatic rings. The maximum atomic E-state index is 11.7. The van der Waals surface area contributed by atoms with E-state index in [1.807, 2.05) is 6.92 Å². The first-order chi connectivity index (χ1) is 6.79. The van der Waals surface area contributed by atoms with Gasteiger partial charge in [0, 0.05) is 0 Å². The zero-order valence-corrected chi connectivity index (χ0v) is 9.57. The summed E-state index contributed by atoms with van der Waals surface area (Å²) in [7, 11) is 0. The van der Waals surface area contributed by atoms with Gasteiger partial charge in [-0.05, 0) is 27.7 Å². The van der Waals surface area contributed by atoms with Crippen LogP contribution < -0.4 is 0 Å². The van der Waals surface area contributed by atoms with Gasteiger partial charge in [-0.1, -0.05) is 0 Å². The second-order valence-corrected chi connectivity index (χ2v) is 4.64. The smallest absolute Gasteiger partial charge is 0.411 e. The summed E-state index contributed by atoms with van der Waals surface area (Å²) >= 11 is 0. The van der Waals surface area contributed by atoms with E-state index in [4.69, 9.17) is 9.47 Å². The number of esters is 1. The lowest BCUT2D eigenvalue weighted by atomic mass is 10.2. The standard InChI is InChI=1S/C10H17NO4/c1-7-6-14-8(12)5-11(7)9(13)15-10(2,3)4/h7H,5-6H2,1-4H3/t7-/m0/s1. The number of hydrogen-bond acceptors (Lipinski definition) is 4. The first-order valence-electron chi connectivity index (χ1n) is 4.95. The molecule has 1 rings (SSSR count). The number of nitrogens with zero attached hydrogens (tertiary/aromatic N) is 1. The Morgan fingerprint density at radius 2 is 2.13 bits per heavy atom. The molecular formula is C10H17NO4. The maximum absolute atomic E-state index is 11.7. The number of morpholine rings is 1. The Bertz CT molecular complexity index is 269. The number of rotatable bonds is 0. The van der Waals surface area contributed by atoms with Crippen LogP contribution in [0, 0.1) is 0 Å². The Morgan fingerprint density at radius 1 is 1.53 bits per heavy atom. The summed E-state index contributed by atoms with van der Waals surface area (Å²) in [5, 5.41) is 0. The van der Waals surface area contributed by atoms with Crippen LogP contribution in [0.15, 0.2) is 0 Å². The zero-order chi connectivity index (χ0) is 11.6. The van der Waals surface area contributed by atoms with Crippen LogP contribution in [0.1, 0.15) is 27.7 Å². The molecule has 0 bridgehead atoms. The van der Waals surface area contributed by atoms with Crippen molar-refractivity contribution in [1.82, 2.24) is 4.90 Å². The quantitative estimate of drug-likeness (QED) is 0.569. The van der Waals surface area contributed by atoms with E-state index in [0.29, 0.717) is 0 Å². The van der Waals surface area contributed by atoms with Crippen molar-refractivity contribution in [2.75, 3.05) is 13.2 Å². The topological polar surface area (TPSA) is 55.8 Å². The van der Waals surface area contributed by atoms with Crippen molar-refractivity contribution >= 4 is 12.1 Å². The minimum atomic E-state index is -0.543. The molecule has 0 saturated carbocycles. The monoisotopic (exact) mass is 215 g/mol. The van der Waals surface area contributed by atoms with Crippen molar-refractivity contribution in [3.63, 3.8) is 0 Å². The Morgan fingerprint density at radius 3 is 2.67 bits per heavy atom. The molecule has 5 heteroatoms. The molecule has 0 radical (unpaired) electrons. The fourth-order valence-electron chi connectivity index (χ4n) is 1.21. The summed E-state index contributed by atoms with van der Waals surface area (Å²) in [6, 6.07) is -0.127. The molecule has 1 amide bonds. The molecule has 0 N–H and O–H groups in total. The molecule has 0 aliphatic carbocycles. The second-order valence-electron chi connectivity index (χ2n) is 4.64. The van der Waals surface area contributed by atoms with Crippen molar-refractivity contribution in [2.24, 2.45) is 0 Å². The van der Waals surface area contributed by atoms with E-state index in [1.165, 1.54) is 4.90 Å². The second kappa shape index (κ2) is 4.08. The van der Waals surface area contributed by atoms with Crippen LogP contribution in [0.25, 0.3) is 0 Å². The van der Waals surface area contributed by atoms with E-state index in [0.717, 1.165) is 0 Å². The average molecular weight is 215 g/mol. The van der Waals surface area contributed by atoms with E-state index in [9.17, 15) is 9.59 Å². The van der Waals surface area contributed by atoms with Crippen LogP contribution in [0.5, 0.6) is 0 Å². The molecule has 5 nitrogen and oxygen atoms in total. The predicted molar refractivity (Wildman–Crippen MR) is 53.4 cm³/mol. The van der Waals surface area contributed by atoms with Gasteiger partial charge >= 0.3 is 12.1 Å². The molecule has 1 atom stereocenters. The van der Waals surface area contributed by atoms with E-state index in [2.05, 4.69) is 0 Å². The largest absolute Gasteiger partial charge is 0.462 e. The normalized spacial score (nSPS) is 22.3. The van der Waals surface area contributed by atoms with Gasteiger partial charge in [0.15, 0.2) is 0 Å². The maximum Gasteiger partial charge on any atom is 0.411 e. The Kier molecular flexibility index (Phi) is 3.21. The minimum absolute atomic E-state index is 0.0317. The van der Waals surface area contributed by atoms with E-state index >= 15 is 0 Å². The van der Waals surface area contributed by atoms with Crippen molar-refractivity contribution < 1.29 is 19.1 Å². The van der Waals surface area contributed by atoms with Crippen LogP contribution >= 0.6 is 0 Å². The Labute approximate surface area is 89.3 Å². The zero-order valence-electron chi connectivity index (χ0n) is 9.57. The number of hydrogen-bond donors (Lipinski definition) is 0. The summed E-state index contributed by atoms with van der Waals surface area (Å²) in [5.41, 5.74) is -0.543. The number of cyclic esters (lactones) is 1. The van der Waals surface area contributed by atoms with Gasteiger partial charge in [0.1, 0.15) is 18.8 Å². The fraction of sp³-hybridized carbons (Fsp3) is 0.800. The molecule has 1 heterocycles. The molecule has 1 fully saturated rings. The van der Waals surface area contributed by atoms with Crippen molar-refractivity contribution in [2.45, 2.75) is 39.3 Å². The predicted octanol–water partition coefficient (Wildman–Crippen LogP) is 1.17. The van der Waals surface area contributed by atoms with Crippen LogP contribution in [0.4, 0.5) is 4.79 Å². The average Bonchev–Trinajstić information content (AvgIpc) is 2.06. The molecule has 0 aromatic carbocycles.